The van der Waals surface area contributed by atoms with Gasteiger partial charge in [0, 0.05) is 24.3 Å². The molecule has 0 unspecified atom stereocenters. The summed E-state index contributed by atoms with van der Waals surface area (Å²) in [5.41, 5.74) is 4.23. The summed E-state index contributed by atoms with van der Waals surface area (Å²) in [7, 11) is 0. The maximum Gasteiger partial charge on any atom is 0.0705 e. The predicted octanol–water partition coefficient (Wildman–Crippen LogP) is 2.91. The van der Waals surface area contributed by atoms with Crippen LogP contribution in [0, 0.1) is 5.92 Å². The summed E-state index contributed by atoms with van der Waals surface area (Å²) in [5.74, 6) is 0.541. The van der Waals surface area contributed by atoms with Crippen LogP contribution in [0.5, 0.6) is 0 Å². The Kier molecular flexibility index (Phi) is 4.07. The minimum Gasteiger partial charge on any atom is -0.301 e. The highest BCUT2D eigenvalue weighted by Gasteiger charge is 2.00. The van der Waals surface area contributed by atoms with Crippen molar-refractivity contribution < 1.29 is 4.84 Å². The van der Waals surface area contributed by atoms with Gasteiger partial charge in [0.2, 0.25) is 0 Å². The number of hydrogen-bond acceptors (Lipinski definition) is 3. The van der Waals surface area contributed by atoms with Gasteiger partial charge in [-0.05, 0) is 22.9 Å². The lowest BCUT2D eigenvalue weighted by molar-refractivity contribution is 0.0198. The zero-order valence-electron chi connectivity index (χ0n) is 10.3. The van der Waals surface area contributed by atoms with E-state index in [9.17, 15) is 0 Å². The summed E-state index contributed by atoms with van der Waals surface area (Å²) in [6.07, 6.45) is 3.70. The molecule has 0 aliphatic carbocycles. The van der Waals surface area contributed by atoms with Crippen molar-refractivity contribution in [1.82, 2.24) is 10.5 Å². The average Bonchev–Trinajstić information content (AvgIpc) is 2.34. The van der Waals surface area contributed by atoms with Crippen LogP contribution < -0.4 is 5.48 Å². The van der Waals surface area contributed by atoms with Crippen molar-refractivity contribution in [2.24, 2.45) is 5.92 Å². The van der Waals surface area contributed by atoms with Crippen LogP contribution in [-0.4, -0.2) is 11.6 Å². The van der Waals surface area contributed by atoms with Crippen LogP contribution in [0.1, 0.15) is 19.4 Å². The molecule has 0 amide bonds. The second kappa shape index (κ2) is 5.75. The van der Waals surface area contributed by atoms with Gasteiger partial charge in [-0.15, -0.1) is 0 Å². The number of pyridine rings is 1. The molecule has 0 atom stereocenters. The number of aromatic nitrogens is 1. The molecule has 0 saturated heterocycles. The van der Waals surface area contributed by atoms with E-state index in [-0.39, 0.29) is 0 Å². The maximum atomic E-state index is 5.38. The number of rotatable bonds is 5. The average molecular weight is 230 g/mol. The number of nitrogens with zero attached hydrogens (tertiary/aromatic N) is 1. The standard InChI is InChI=1S/C14H18N2O/c1-11(2)10-17-16-9-13-5-3-4-12-8-15-7-6-14(12)13/h3-8,11,16H,9-10H2,1-2H3. The fourth-order valence-electron chi connectivity index (χ4n) is 1.70. The molecule has 0 spiro atoms. The van der Waals surface area contributed by atoms with E-state index in [1.165, 1.54) is 10.9 Å². The molecule has 0 saturated carbocycles. The molecule has 2 aromatic rings. The van der Waals surface area contributed by atoms with Gasteiger partial charge in [-0.3, -0.25) is 4.98 Å². The summed E-state index contributed by atoms with van der Waals surface area (Å²) in [5, 5.41) is 2.39. The molecule has 0 bridgehead atoms. The first-order valence-electron chi connectivity index (χ1n) is 5.93. The first kappa shape index (κ1) is 12.0. The molecule has 0 fully saturated rings. The van der Waals surface area contributed by atoms with E-state index in [0.29, 0.717) is 12.5 Å². The van der Waals surface area contributed by atoms with Gasteiger partial charge in [0.15, 0.2) is 0 Å². The Morgan fingerprint density at radius 1 is 1.29 bits per heavy atom. The topological polar surface area (TPSA) is 34.1 Å². The molecule has 0 aliphatic rings. The number of benzene rings is 1. The van der Waals surface area contributed by atoms with Gasteiger partial charge in [0.1, 0.15) is 0 Å². The van der Waals surface area contributed by atoms with Crippen LogP contribution in [0.3, 0.4) is 0 Å². The van der Waals surface area contributed by atoms with Gasteiger partial charge in [-0.2, -0.15) is 5.48 Å². The van der Waals surface area contributed by atoms with Gasteiger partial charge in [-0.1, -0.05) is 32.0 Å². The van der Waals surface area contributed by atoms with Gasteiger partial charge >= 0.3 is 0 Å². The van der Waals surface area contributed by atoms with Crippen LogP contribution in [0.4, 0.5) is 0 Å². The highest BCUT2D eigenvalue weighted by Crippen LogP contribution is 2.17. The second-order valence-corrected chi connectivity index (χ2v) is 4.54. The molecule has 1 aromatic heterocycles. The van der Waals surface area contributed by atoms with Gasteiger partial charge in [0.25, 0.3) is 0 Å². The molecule has 1 aromatic carbocycles. The second-order valence-electron chi connectivity index (χ2n) is 4.54. The Bertz CT molecular complexity index is 477. The summed E-state index contributed by atoms with van der Waals surface area (Å²) in [6.45, 7) is 5.71. The zero-order valence-corrected chi connectivity index (χ0v) is 10.3. The predicted molar refractivity (Wildman–Crippen MR) is 69.4 cm³/mol. The molecular formula is C14H18N2O. The number of fused-ring (bicyclic) bond motifs is 1. The van der Waals surface area contributed by atoms with Crippen LogP contribution in [0.25, 0.3) is 10.8 Å². The number of hydroxylamine groups is 1. The number of hydrogen-bond donors (Lipinski definition) is 1. The Morgan fingerprint density at radius 3 is 3.00 bits per heavy atom. The molecule has 0 aliphatic heterocycles. The van der Waals surface area contributed by atoms with Crippen molar-refractivity contribution in [3.63, 3.8) is 0 Å². The molecule has 2 rings (SSSR count). The van der Waals surface area contributed by atoms with E-state index in [2.05, 4.69) is 36.4 Å². The Labute approximate surface area is 102 Å². The maximum absolute atomic E-state index is 5.38. The highest BCUT2D eigenvalue weighted by molar-refractivity contribution is 5.84. The fraction of sp³-hybridized carbons (Fsp3) is 0.357. The minimum atomic E-state index is 0.541. The van der Waals surface area contributed by atoms with Crippen LogP contribution in [0.15, 0.2) is 36.7 Å². The molecular weight excluding hydrogens is 212 g/mol. The smallest absolute Gasteiger partial charge is 0.0705 e. The van der Waals surface area contributed by atoms with Crippen molar-refractivity contribution in [3.8, 4) is 0 Å². The van der Waals surface area contributed by atoms with Crippen LogP contribution in [0.2, 0.25) is 0 Å². The van der Waals surface area contributed by atoms with E-state index in [1.54, 1.807) is 0 Å². The summed E-state index contributed by atoms with van der Waals surface area (Å²) in [4.78, 5) is 9.50. The number of nitrogens with one attached hydrogen (secondary N) is 1. The highest BCUT2D eigenvalue weighted by atomic mass is 16.6. The van der Waals surface area contributed by atoms with Crippen LogP contribution in [-0.2, 0) is 11.4 Å². The fourth-order valence-corrected chi connectivity index (χ4v) is 1.70. The third-order valence-electron chi connectivity index (χ3n) is 2.55. The van der Waals surface area contributed by atoms with E-state index in [1.807, 2.05) is 24.5 Å². The largest absolute Gasteiger partial charge is 0.301 e. The first-order chi connectivity index (χ1) is 8.27. The molecule has 1 N–H and O–H groups in total. The summed E-state index contributed by atoms with van der Waals surface area (Å²) >= 11 is 0. The SMILES string of the molecule is CC(C)CONCc1cccc2cnccc12. The molecule has 3 heteroatoms. The van der Waals surface area contributed by atoms with E-state index >= 15 is 0 Å². The lowest BCUT2D eigenvalue weighted by Crippen LogP contribution is -2.17. The molecule has 0 radical (unpaired) electrons. The molecule has 17 heavy (non-hydrogen) atoms. The van der Waals surface area contributed by atoms with Crippen molar-refractivity contribution in [3.05, 3.63) is 42.2 Å². The van der Waals surface area contributed by atoms with Gasteiger partial charge in [0.05, 0.1) is 6.61 Å². The first-order valence-corrected chi connectivity index (χ1v) is 5.93. The third-order valence-corrected chi connectivity index (χ3v) is 2.55. The lowest BCUT2D eigenvalue weighted by atomic mass is 10.1. The lowest BCUT2D eigenvalue weighted by Gasteiger charge is -2.09. The Hall–Kier alpha value is -1.45. The van der Waals surface area contributed by atoms with E-state index in [0.717, 1.165) is 12.0 Å². The quantitative estimate of drug-likeness (QED) is 0.633. The monoisotopic (exact) mass is 230 g/mol. The van der Waals surface area contributed by atoms with Crippen molar-refractivity contribution >= 4 is 10.8 Å². The normalized spacial score (nSPS) is 11.2. The zero-order chi connectivity index (χ0) is 12.1. The van der Waals surface area contributed by atoms with Crippen molar-refractivity contribution in [1.29, 1.82) is 0 Å². The summed E-state index contributed by atoms with van der Waals surface area (Å²) in [6, 6.07) is 8.26. The minimum absolute atomic E-state index is 0.541. The van der Waals surface area contributed by atoms with Crippen molar-refractivity contribution in [2.75, 3.05) is 6.61 Å². The van der Waals surface area contributed by atoms with E-state index in [4.69, 9.17) is 4.84 Å². The van der Waals surface area contributed by atoms with Crippen molar-refractivity contribution in [2.45, 2.75) is 20.4 Å². The summed E-state index contributed by atoms with van der Waals surface area (Å²) < 4.78 is 0. The van der Waals surface area contributed by atoms with Gasteiger partial charge < -0.3 is 4.84 Å². The van der Waals surface area contributed by atoms with E-state index < -0.39 is 0 Å². The molecule has 90 valence electrons. The van der Waals surface area contributed by atoms with Crippen LogP contribution >= 0.6 is 0 Å². The molecule has 3 nitrogen and oxygen atoms in total. The molecule has 1 heterocycles. The third kappa shape index (κ3) is 3.25. The Morgan fingerprint density at radius 2 is 2.18 bits per heavy atom. The Balaban J connectivity index is 2.03. The van der Waals surface area contributed by atoms with Gasteiger partial charge in [-0.25, -0.2) is 0 Å².